The van der Waals surface area contributed by atoms with Gasteiger partial charge < -0.3 is 0 Å². The van der Waals surface area contributed by atoms with E-state index in [0.29, 0.717) is 18.6 Å². The van der Waals surface area contributed by atoms with Gasteiger partial charge in [0.1, 0.15) is 0 Å². The number of fused-ring (bicyclic) bond motifs is 1. The molecule has 106 valence electrons. The number of rotatable bonds is 4. The van der Waals surface area contributed by atoms with Crippen LogP contribution in [0.1, 0.15) is 39.0 Å². The van der Waals surface area contributed by atoms with Gasteiger partial charge in [-0.05, 0) is 38.8 Å². The van der Waals surface area contributed by atoms with Crippen LogP contribution in [0.15, 0.2) is 0 Å². The smallest absolute Gasteiger partial charge is 0.298 e. The Morgan fingerprint density at radius 1 is 1.22 bits per heavy atom. The molecular formula is C13H23F3N2. The van der Waals surface area contributed by atoms with E-state index in [1.165, 1.54) is 19.4 Å². The molecule has 0 amide bonds. The Kier molecular flexibility index (Phi) is 4.54. The van der Waals surface area contributed by atoms with Gasteiger partial charge in [0.15, 0.2) is 0 Å². The van der Waals surface area contributed by atoms with Crippen LogP contribution in [0.2, 0.25) is 0 Å². The second-order valence-corrected chi connectivity index (χ2v) is 5.57. The number of alkyl halides is 3. The summed E-state index contributed by atoms with van der Waals surface area (Å²) in [5.74, 6) is 0. The summed E-state index contributed by atoms with van der Waals surface area (Å²) in [6, 6.07) is 1.05. The SMILES string of the molecule is CCC1CN2CCCC2CN1CCCC(F)(F)F. The summed E-state index contributed by atoms with van der Waals surface area (Å²) in [6.45, 7) is 5.93. The molecule has 2 nitrogen and oxygen atoms in total. The molecule has 2 heterocycles. The molecule has 5 heteroatoms. The van der Waals surface area contributed by atoms with Crippen molar-refractivity contribution >= 4 is 0 Å². The van der Waals surface area contributed by atoms with E-state index in [-0.39, 0.29) is 6.42 Å². The van der Waals surface area contributed by atoms with Crippen molar-refractivity contribution in [1.29, 1.82) is 0 Å². The summed E-state index contributed by atoms with van der Waals surface area (Å²) >= 11 is 0. The summed E-state index contributed by atoms with van der Waals surface area (Å²) in [7, 11) is 0. The van der Waals surface area contributed by atoms with Crippen LogP contribution in [0.4, 0.5) is 13.2 Å². The minimum atomic E-state index is -4.00. The van der Waals surface area contributed by atoms with Gasteiger partial charge in [-0.1, -0.05) is 6.92 Å². The van der Waals surface area contributed by atoms with Crippen molar-refractivity contribution in [3.8, 4) is 0 Å². The van der Waals surface area contributed by atoms with E-state index in [2.05, 4.69) is 16.7 Å². The van der Waals surface area contributed by atoms with Crippen molar-refractivity contribution in [2.75, 3.05) is 26.2 Å². The van der Waals surface area contributed by atoms with Crippen LogP contribution in [-0.2, 0) is 0 Å². The zero-order valence-corrected chi connectivity index (χ0v) is 11.0. The van der Waals surface area contributed by atoms with E-state index in [9.17, 15) is 13.2 Å². The predicted molar refractivity (Wildman–Crippen MR) is 65.5 cm³/mol. The van der Waals surface area contributed by atoms with E-state index in [0.717, 1.165) is 19.5 Å². The van der Waals surface area contributed by atoms with Gasteiger partial charge in [-0.2, -0.15) is 13.2 Å². The molecule has 0 radical (unpaired) electrons. The number of nitrogens with zero attached hydrogens (tertiary/aromatic N) is 2. The van der Waals surface area contributed by atoms with Crippen molar-refractivity contribution in [2.45, 2.75) is 57.3 Å². The fraction of sp³-hybridized carbons (Fsp3) is 1.00. The lowest BCUT2D eigenvalue weighted by Crippen LogP contribution is -2.55. The van der Waals surface area contributed by atoms with Crippen LogP contribution in [0.3, 0.4) is 0 Å². The van der Waals surface area contributed by atoms with Crippen LogP contribution in [-0.4, -0.2) is 54.2 Å². The number of piperazine rings is 1. The molecule has 2 unspecified atom stereocenters. The zero-order valence-electron chi connectivity index (χ0n) is 11.0. The highest BCUT2D eigenvalue weighted by Gasteiger charge is 2.35. The van der Waals surface area contributed by atoms with Gasteiger partial charge in [-0.3, -0.25) is 9.80 Å². The molecule has 0 N–H and O–H groups in total. The van der Waals surface area contributed by atoms with Crippen molar-refractivity contribution in [3.05, 3.63) is 0 Å². The van der Waals surface area contributed by atoms with Crippen LogP contribution >= 0.6 is 0 Å². The lowest BCUT2D eigenvalue weighted by Gasteiger charge is -2.43. The van der Waals surface area contributed by atoms with E-state index >= 15 is 0 Å². The van der Waals surface area contributed by atoms with Gasteiger partial charge in [0.2, 0.25) is 0 Å². The monoisotopic (exact) mass is 264 g/mol. The topological polar surface area (TPSA) is 6.48 Å². The first-order valence-electron chi connectivity index (χ1n) is 7.04. The van der Waals surface area contributed by atoms with Gasteiger partial charge >= 0.3 is 6.18 Å². The molecule has 0 bridgehead atoms. The predicted octanol–water partition coefficient (Wildman–Crippen LogP) is 2.89. The lowest BCUT2D eigenvalue weighted by molar-refractivity contribution is -0.136. The molecular weight excluding hydrogens is 241 g/mol. The third kappa shape index (κ3) is 3.60. The largest absolute Gasteiger partial charge is 0.389 e. The Labute approximate surface area is 107 Å². The highest BCUT2D eigenvalue weighted by atomic mass is 19.4. The van der Waals surface area contributed by atoms with Gasteiger partial charge in [0.05, 0.1) is 0 Å². The maximum Gasteiger partial charge on any atom is 0.389 e. The first-order chi connectivity index (χ1) is 8.49. The van der Waals surface area contributed by atoms with Crippen LogP contribution in [0.5, 0.6) is 0 Å². The quantitative estimate of drug-likeness (QED) is 0.770. The summed E-state index contributed by atoms with van der Waals surface area (Å²) in [5.41, 5.74) is 0. The molecule has 2 fully saturated rings. The lowest BCUT2D eigenvalue weighted by atomic mass is 10.0. The second kappa shape index (κ2) is 5.78. The molecule has 0 saturated carbocycles. The maximum atomic E-state index is 12.2. The van der Waals surface area contributed by atoms with Crippen molar-refractivity contribution in [2.24, 2.45) is 0 Å². The van der Waals surface area contributed by atoms with Crippen LogP contribution in [0.25, 0.3) is 0 Å². The number of hydrogen-bond donors (Lipinski definition) is 0. The van der Waals surface area contributed by atoms with Crippen molar-refractivity contribution in [1.82, 2.24) is 9.80 Å². The average Bonchev–Trinajstić information content (AvgIpc) is 2.73. The molecule has 0 aromatic rings. The van der Waals surface area contributed by atoms with Gasteiger partial charge in [0, 0.05) is 31.6 Å². The summed E-state index contributed by atoms with van der Waals surface area (Å²) in [5, 5.41) is 0. The Bertz CT molecular complexity index is 267. The van der Waals surface area contributed by atoms with Crippen LogP contribution in [0, 0.1) is 0 Å². The Morgan fingerprint density at radius 3 is 2.67 bits per heavy atom. The average molecular weight is 264 g/mol. The van der Waals surface area contributed by atoms with E-state index < -0.39 is 12.6 Å². The number of hydrogen-bond acceptors (Lipinski definition) is 2. The Hall–Kier alpha value is -0.290. The third-order valence-electron chi connectivity index (χ3n) is 4.28. The molecule has 2 aliphatic rings. The first kappa shape index (κ1) is 14.1. The molecule has 0 aromatic heterocycles. The van der Waals surface area contributed by atoms with E-state index in [4.69, 9.17) is 0 Å². The first-order valence-corrected chi connectivity index (χ1v) is 7.04. The molecule has 2 rings (SSSR count). The van der Waals surface area contributed by atoms with Crippen molar-refractivity contribution < 1.29 is 13.2 Å². The number of halogens is 3. The molecule has 2 saturated heterocycles. The fourth-order valence-electron chi connectivity index (χ4n) is 3.29. The molecule has 0 aromatic carbocycles. The fourth-order valence-corrected chi connectivity index (χ4v) is 3.29. The van der Waals surface area contributed by atoms with Crippen molar-refractivity contribution in [3.63, 3.8) is 0 Å². The third-order valence-corrected chi connectivity index (χ3v) is 4.28. The van der Waals surface area contributed by atoms with Gasteiger partial charge in [-0.25, -0.2) is 0 Å². The highest BCUT2D eigenvalue weighted by Crippen LogP contribution is 2.27. The molecule has 18 heavy (non-hydrogen) atoms. The van der Waals surface area contributed by atoms with Crippen LogP contribution < -0.4 is 0 Å². The Balaban J connectivity index is 1.82. The van der Waals surface area contributed by atoms with E-state index in [1.54, 1.807) is 0 Å². The minimum absolute atomic E-state index is 0.243. The molecule has 0 spiro atoms. The Morgan fingerprint density at radius 2 is 2.00 bits per heavy atom. The van der Waals surface area contributed by atoms with Gasteiger partial charge in [0.25, 0.3) is 0 Å². The van der Waals surface area contributed by atoms with E-state index in [1.807, 2.05) is 0 Å². The summed E-state index contributed by atoms with van der Waals surface area (Å²) in [4.78, 5) is 4.81. The summed E-state index contributed by atoms with van der Waals surface area (Å²) in [6.07, 6.45) is -0.906. The molecule has 2 aliphatic heterocycles. The maximum absolute atomic E-state index is 12.2. The van der Waals surface area contributed by atoms with Gasteiger partial charge in [-0.15, -0.1) is 0 Å². The summed E-state index contributed by atoms with van der Waals surface area (Å²) < 4.78 is 36.5. The molecule has 0 aliphatic carbocycles. The zero-order chi connectivity index (χ0) is 13.2. The highest BCUT2D eigenvalue weighted by molar-refractivity contribution is 4.91. The second-order valence-electron chi connectivity index (χ2n) is 5.57. The minimum Gasteiger partial charge on any atom is -0.298 e. The standard InChI is InChI=1S/C13H23F3N2/c1-2-11-9-18-7-3-5-12(18)10-17(11)8-4-6-13(14,15)16/h11-12H,2-10H2,1H3. The molecule has 2 atom stereocenters. The normalized spacial score (nSPS) is 30.7.